The summed E-state index contributed by atoms with van der Waals surface area (Å²) < 4.78 is 0. The molecule has 1 aliphatic carbocycles. The molecule has 2 aromatic carbocycles. The molecule has 0 aliphatic heterocycles. The van der Waals surface area contributed by atoms with Gasteiger partial charge in [0.25, 0.3) is 5.91 Å². The molecule has 4 heteroatoms. The smallest absolute Gasteiger partial charge is 0.252 e. The van der Waals surface area contributed by atoms with E-state index < -0.39 is 5.54 Å². The predicted molar refractivity (Wildman–Crippen MR) is 92.3 cm³/mol. The van der Waals surface area contributed by atoms with Crippen LogP contribution >= 0.6 is 0 Å². The van der Waals surface area contributed by atoms with Crippen molar-refractivity contribution in [3.8, 4) is 5.75 Å². The highest BCUT2D eigenvalue weighted by molar-refractivity contribution is 6.07. The van der Waals surface area contributed by atoms with E-state index in [-0.39, 0.29) is 17.4 Å². The summed E-state index contributed by atoms with van der Waals surface area (Å²) in [7, 11) is 0. The average Bonchev–Trinajstić information content (AvgIpc) is 3.07. The molecule has 2 aromatic rings. The number of hydrogen-bond acceptors (Lipinski definition) is 3. The fourth-order valence-corrected chi connectivity index (χ4v) is 3.41. The number of aromatic hydroxyl groups is 1. The van der Waals surface area contributed by atoms with Crippen molar-refractivity contribution in [1.29, 1.82) is 0 Å². The molecule has 0 spiro atoms. The van der Waals surface area contributed by atoms with E-state index >= 15 is 0 Å². The van der Waals surface area contributed by atoms with Crippen LogP contribution in [0, 0.1) is 6.92 Å². The Balaban J connectivity index is 1.90. The van der Waals surface area contributed by atoms with Gasteiger partial charge in [-0.1, -0.05) is 49.2 Å². The molecule has 2 N–H and O–H groups in total. The largest absolute Gasteiger partial charge is 0.508 e. The van der Waals surface area contributed by atoms with Gasteiger partial charge in [0.2, 0.25) is 0 Å². The maximum atomic E-state index is 13.0. The summed E-state index contributed by atoms with van der Waals surface area (Å²) in [6.07, 6.45) is 3.12. The van der Waals surface area contributed by atoms with Crippen LogP contribution in [0.25, 0.3) is 0 Å². The molecule has 0 saturated heterocycles. The van der Waals surface area contributed by atoms with Crippen molar-refractivity contribution in [3.63, 3.8) is 0 Å². The molecule has 4 nitrogen and oxygen atoms in total. The maximum absolute atomic E-state index is 13.0. The highest BCUT2D eigenvalue weighted by atomic mass is 16.3. The van der Waals surface area contributed by atoms with Crippen LogP contribution in [0.15, 0.2) is 48.5 Å². The van der Waals surface area contributed by atoms with Crippen molar-refractivity contribution >= 4 is 11.7 Å². The summed E-state index contributed by atoms with van der Waals surface area (Å²) in [6, 6.07) is 14.0. The number of carbonyl (C=O) groups is 2. The van der Waals surface area contributed by atoms with Gasteiger partial charge in [-0.3, -0.25) is 9.59 Å². The molecule has 1 aliphatic rings. The first-order valence-electron chi connectivity index (χ1n) is 8.24. The van der Waals surface area contributed by atoms with Crippen LogP contribution in [0.3, 0.4) is 0 Å². The van der Waals surface area contributed by atoms with Crippen molar-refractivity contribution in [1.82, 2.24) is 5.32 Å². The Bertz CT molecular complexity index is 762. The summed E-state index contributed by atoms with van der Waals surface area (Å²) in [5.74, 6) is -0.265. The van der Waals surface area contributed by atoms with Crippen molar-refractivity contribution in [3.05, 3.63) is 65.2 Å². The number of rotatable bonds is 4. The molecule has 1 saturated carbocycles. The molecule has 0 bridgehead atoms. The lowest BCUT2D eigenvalue weighted by Crippen LogP contribution is -2.52. The summed E-state index contributed by atoms with van der Waals surface area (Å²) in [6.45, 7) is 1.70. The molecule has 0 radical (unpaired) electrons. The van der Waals surface area contributed by atoms with Gasteiger partial charge in [0, 0.05) is 16.7 Å². The molecule has 1 fully saturated rings. The highest BCUT2D eigenvalue weighted by Gasteiger charge is 2.42. The van der Waals surface area contributed by atoms with Gasteiger partial charge in [0.05, 0.1) is 0 Å². The van der Waals surface area contributed by atoms with Crippen LogP contribution in [-0.4, -0.2) is 22.3 Å². The molecule has 0 heterocycles. The van der Waals surface area contributed by atoms with Crippen LogP contribution < -0.4 is 5.32 Å². The zero-order chi connectivity index (χ0) is 17.2. The number of phenols is 1. The number of nitrogens with one attached hydrogen (secondary N) is 1. The highest BCUT2D eigenvalue weighted by Crippen LogP contribution is 2.33. The van der Waals surface area contributed by atoms with Crippen LogP contribution in [0.4, 0.5) is 0 Å². The molecule has 124 valence electrons. The monoisotopic (exact) mass is 323 g/mol. The van der Waals surface area contributed by atoms with Gasteiger partial charge in [-0.15, -0.1) is 0 Å². The Morgan fingerprint density at radius 1 is 1.00 bits per heavy atom. The Labute approximate surface area is 141 Å². The third-order valence-electron chi connectivity index (χ3n) is 4.83. The molecule has 24 heavy (non-hydrogen) atoms. The Morgan fingerprint density at radius 3 is 2.33 bits per heavy atom. The fourth-order valence-electron chi connectivity index (χ4n) is 3.41. The third-order valence-corrected chi connectivity index (χ3v) is 4.83. The van der Waals surface area contributed by atoms with Gasteiger partial charge in [0.15, 0.2) is 5.78 Å². The molecule has 1 amide bonds. The summed E-state index contributed by atoms with van der Waals surface area (Å²) in [5.41, 5.74) is 0.695. The Hall–Kier alpha value is -2.62. The van der Waals surface area contributed by atoms with Crippen molar-refractivity contribution in [2.75, 3.05) is 0 Å². The molecule has 3 rings (SSSR count). The van der Waals surface area contributed by atoms with E-state index in [0.717, 1.165) is 12.8 Å². The van der Waals surface area contributed by atoms with E-state index in [9.17, 15) is 14.7 Å². The lowest BCUT2D eigenvalue weighted by atomic mass is 9.87. The number of Topliss-reactive ketones (excluding diaryl/α,β-unsaturated/α-hetero) is 1. The van der Waals surface area contributed by atoms with Crippen LogP contribution in [0.2, 0.25) is 0 Å². The minimum Gasteiger partial charge on any atom is -0.508 e. The summed E-state index contributed by atoms with van der Waals surface area (Å²) in [5, 5.41) is 12.8. The van der Waals surface area contributed by atoms with Gasteiger partial charge in [-0.2, -0.15) is 0 Å². The van der Waals surface area contributed by atoms with Gasteiger partial charge in [-0.05, 0) is 31.9 Å². The standard InChI is InChI=1S/C20H21NO3/c1-14-16(10-7-11-17(14)22)19(24)21-20(12-5-6-13-20)18(23)15-8-3-2-4-9-15/h2-4,7-11,22H,5-6,12-13H2,1H3,(H,21,24). The quantitative estimate of drug-likeness (QED) is 0.845. The van der Waals surface area contributed by atoms with Crippen LogP contribution in [0.5, 0.6) is 5.75 Å². The normalized spacial score (nSPS) is 15.9. The minimum absolute atomic E-state index is 0.0354. The second-order valence-corrected chi connectivity index (χ2v) is 6.39. The van der Waals surface area contributed by atoms with Crippen LogP contribution in [-0.2, 0) is 0 Å². The number of hydrogen-bond donors (Lipinski definition) is 2. The van der Waals surface area contributed by atoms with Gasteiger partial charge in [-0.25, -0.2) is 0 Å². The zero-order valence-electron chi connectivity index (χ0n) is 13.7. The predicted octanol–water partition coefficient (Wildman–Crippen LogP) is 3.63. The second-order valence-electron chi connectivity index (χ2n) is 6.39. The first-order valence-corrected chi connectivity index (χ1v) is 8.24. The first-order chi connectivity index (χ1) is 11.5. The summed E-state index contributed by atoms with van der Waals surface area (Å²) in [4.78, 5) is 25.8. The number of ketones is 1. The Kier molecular flexibility index (Phi) is 4.38. The molecule has 0 unspecified atom stereocenters. The molecule has 0 atom stereocenters. The number of benzene rings is 2. The van der Waals surface area contributed by atoms with E-state index in [0.29, 0.717) is 29.5 Å². The lowest BCUT2D eigenvalue weighted by molar-refractivity contribution is 0.0769. The van der Waals surface area contributed by atoms with Crippen molar-refractivity contribution < 1.29 is 14.7 Å². The fraction of sp³-hybridized carbons (Fsp3) is 0.300. The second kappa shape index (κ2) is 6.48. The zero-order valence-corrected chi connectivity index (χ0v) is 13.7. The lowest BCUT2D eigenvalue weighted by Gasteiger charge is -2.29. The number of carbonyl (C=O) groups excluding carboxylic acids is 2. The van der Waals surface area contributed by atoms with E-state index in [2.05, 4.69) is 5.32 Å². The third kappa shape index (κ3) is 2.92. The SMILES string of the molecule is Cc1c(O)cccc1C(=O)NC1(C(=O)c2ccccc2)CCCC1. The average molecular weight is 323 g/mol. The number of phenolic OH excluding ortho intramolecular Hbond substituents is 1. The molecular weight excluding hydrogens is 302 g/mol. The van der Waals surface area contributed by atoms with E-state index in [1.807, 2.05) is 18.2 Å². The first kappa shape index (κ1) is 16.2. The van der Waals surface area contributed by atoms with Crippen molar-refractivity contribution in [2.24, 2.45) is 0 Å². The summed E-state index contributed by atoms with van der Waals surface area (Å²) >= 11 is 0. The van der Waals surface area contributed by atoms with Crippen molar-refractivity contribution in [2.45, 2.75) is 38.1 Å². The van der Waals surface area contributed by atoms with E-state index in [1.165, 1.54) is 0 Å². The Morgan fingerprint density at radius 2 is 1.67 bits per heavy atom. The van der Waals surface area contributed by atoms with E-state index in [1.54, 1.807) is 37.3 Å². The number of amides is 1. The molecular formula is C20H21NO3. The van der Waals surface area contributed by atoms with Gasteiger partial charge < -0.3 is 10.4 Å². The maximum Gasteiger partial charge on any atom is 0.252 e. The molecule has 0 aromatic heterocycles. The minimum atomic E-state index is -0.851. The van der Waals surface area contributed by atoms with Crippen LogP contribution in [0.1, 0.15) is 52.0 Å². The van der Waals surface area contributed by atoms with E-state index in [4.69, 9.17) is 0 Å². The van der Waals surface area contributed by atoms with Gasteiger partial charge >= 0.3 is 0 Å². The topological polar surface area (TPSA) is 66.4 Å². The van der Waals surface area contributed by atoms with Gasteiger partial charge in [0.1, 0.15) is 11.3 Å².